The van der Waals surface area contributed by atoms with Crippen molar-refractivity contribution >= 4 is 22.4 Å². The highest BCUT2D eigenvalue weighted by molar-refractivity contribution is 7.09. The van der Waals surface area contributed by atoms with E-state index in [1.54, 1.807) is 6.07 Å². The van der Waals surface area contributed by atoms with Gasteiger partial charge in [0.05, 0.1) is 0 Å². The molecule has 0 spiro atoms. The number of hydrogen-bond donors (Lipinski definition) is 1. The Morgan fingerprint density at radius 3 is 2.36 bits per heavy atom. The molecule has 6 heteroatoms. The number of aromatic nitrogens is 2. The molecule has 5 nitrogen and oxygen atoms in total. The third kappa shape index (κ3) is 3.16. The van der Waals surface area contributed by atoms with Gasteiger partial charge in [-0.2, -0.15) is 4.37 Å². The van der Waals surface area contributed by atoms with Crippen molar-refractivity contribution in [1.82, 2.24) is 9.36 Å². The number of anilines is 2. The van der Waals surface area contributed by atoms with E-state index in [2.05, 4.69) is 34.9 Å². The average Bonchev–Trinajstić information content (AvgIpc) is 2.97. The second-order valence-corrected chi connectivity index (χ2v) is 7.37. The average molecular weight is 318 g/mol. The monoisotopic (exact) mass is 318 g/mol. The Morgan fingerprint density at radius 1 is 1.09 bits per heavy atom. The number of phenolic OH excluding ortho intramolecular Hbond substituents is 1. The van der Waals surface area contributed by atoms with Gasteiger partial charge in [0, 0.05) is 54.9 Å². The zero-order valence-corrected chi connectivity index (χ0v) is 14.1. The fraction of sp³-hybridized carbons (Fsp3) is 0.500. The molecule has 1 aromatic carbocycles. The maximum Gasteiger partial charge on any atom is 0.205 e. The third-order valence-electron chi connectivity index (χ3n) is 3.83. The predicted molar refractivity (Wildman–Crippen MR) is 91.1 cm³/mol. The molecule has 2 heterocycles. The highest BCUT2D eigenvalue weighted by Crippen LogP contribution is 2.27. The summed E-state index contributed by atoms with van der Waals surface area (Å²) in [7, 11) is 0. The van der Waals surface area contributed by atoms with E-state index in [4.69, 9.17) is 4.98 Å². The van der Waals surface area contributed by atoms with Crippen molar-refractivity contribution in [2.75, 3.05) is 36.0 Å². The summed E-state index contributed by atoms with van der Waals surface area (Å²) in [5.74, 6) is 1.24. The molecule has 22 heavy (non-hydrogen) atoms. The summed E-state index contributed by atoms with van der Waals surface area (Å²) in [5, 5.41) is 10.6. The number of rotatable bonds is 2. The Morgan fingerprint density at radius 2 is 1.77 bits per heavy atom. The lowest BCUT2D eigenvalue weighted by Gasteiger charge is -2.35. The van der Waals surface area contributed by atoms with Gasteiger partial charge >= 0.3 is 0 Å². The van der Waals surface area contributed by atoms with Crippen LogP contribution in [-0.4, -0.2) is 40.6 Å². The molecule has 3 rings (SSSR count). The van der Waals surface area contributed by atoms with Crippen LogP contribution in [0.3, 0.4) is 0 Å². The van der Waals surface area contributed by atoms with Gasteiger partial charge in [-0.3, -0.25) is 0 Å². The van der Waals surface area contributed by atoms with Crippen LogP contribution in [0.4, 0.5) is 10.8 Å². The lowest BCUT2D eigenvalue weighted by atomic mass is 9.96. The molecule has 0 bridgehead atoms. The minimum atomic E-state index is -0.00185. The standard InChI is InChI=1S/C16H22N4OS/c1-16(2,3)14-17-15(22-18-14)20-9-7-19(8-10-20)12-5-4-6-13(21)11-12/h4-6,11,21H,7-10H2,1-3H3. The molecule has 1 aromatic heterocycles. The van der Waals surface area contributed by atoms with Gasteiger partial charge in [0.15, 0.2) is 0 Å². The van der Waals surface area contributed by atoms with E-state index in [0.717, 1.165) is 42.8 Å². The van der Waals surface area contributed by atoms with Gasteiger partial charge in [-0.1, -0.05) is 26.8 Å². The van der Waals surface area contributed by atoms with Crippen molar-refractivity contribution in [3.63, 3.8) is 0 Å². The second-order valence-electron chi connectivity index (χ2n) is 6.64. The molecule has 1 N–H and O–H groups in total. The van der Waals surface area contributed by atoms with Crippen LogP contribution in [0.5, 0.6) is 5.75 Å². The Bertz CT molecular complexity index is 642. The zero-order chi connectivity index (χ0) is 15.7. The van der Waals surface area contributed by atoms with Gasteiger partial charge in [0.25, 0.3) is 0 Å². The van der Waals surface area contributed by atoms with E-state index in [9.17, 15) is 5.11 Å². The Kier molecular flexibility index (Phi) is 3.95. The first kappa shape index (κ1) is 15.1. The highest BCUT2D eigenvalue weighted by Gasteiger charge is 2.24. The molecule has 1 aliphatic rings. The van der Waals surface area contributed by atoms with Crippen molar-refractivity contribution in [2.24, 2.45) is 0 Å². The lowest BCUT2D eigenvalue weighted by Crippen LogP contribution is -2.46. The summed E-state index contributed by atoms with van der Waals surface area (Å²) in [5.41, 5.74) is 1.07. The van der Waals surface area contributed by atoms with E-state index >= 15 is 0 Å². The van der Waals surface area contributed by atoms with E-state index in [1.165, 1.54) is 11.5 Å². The molecule has 0 unspecified atom stereocenters. The van der Waals surface area contributed by atoms with Gasteiger partial charge in [-0.25, -0.2) is 4.98 Å². The third-order valence-corrected chi connectivity index (χ3v) is 4.61. The maximum absolute atomic E-state index is 9.60. The maximum atomic E-state index is 9.60. The molecule has 0 radical (unpaired) electrons. The largest absolute Gasteiger partial charge is 0.508 e. The molecule has 1 fully saturated rings. The Hall–Kier alpha value is -1.82. The molecule has 2 aromatic rings. The first-order valence-corrected chi connectivity index (χ1v) is 8.34. The highest BCUT2D eigenvalue weighted by atomic mass is 32.1. The minimum absolute atomic E-state index is 0.00185. The van der Waals surface area contributed by atoms with Gasteiger partial charge in [0.2, 0.25) is 5.13 Å². The van der Waals surface area contributed by atoms with Gasteiger partial charge < -0.3 is 14.9 Å². The first-order valence-electron chi connectivity index (χ1n) is 7.56. The first-order chi connectivity index (χ1) is 10.4. The van der Waals surface area contributed by atoms with Crippen LogP contribution in [0.15, 0.2) is 24.3 Å². The predicted octanol–water partition coefficient (Wildman–Crippen LogP) is 2.87. The fourth-order valence-electron chi connectivity index (χ4n) is 2.49. The molecule has 118 valence electrons. The quantitative estimate of drug-likeness (QED) is 0.923. The van der Waals surface area contributed by atoms with E-state index < -0.39 is 0 Å². The number of benzene rings is 1. The Balaban J connectivity index is 1.65. The van der Waals surface area contributed by atoms with E-state index in [0.29, 0.717) is 5.75 Å². The summed E-state index contributed by atoms with van der Waals surface area (Å²) < 4.78 is 4.49. The van der Waals surface area contributed by atoms with Crippen LogP contribution in [0.2, 0.25) is 0 Å². The smallest absolute Gasteiger partial charge is 0.205 e. The normalized spacial score (nSPS) is 16.1. The van der Waals surface area contributed by atoms with Gasteiger partial charge in [0.1, 0.15) is 11.6 Å². The van der Waals surface area contributed by atoms with Crippen LogP contribution in [0.25, 0.3) is 0 Å². The van der Waals surface area contributed by atoms with Crippen molar-refractivity contribution < 1.29 is 5.11 Å². The summed E-state index contributed by atoms with van der Waals surface area (Å²) >= 11 is 1.49. The van der Waals surface area contributed by atoms with Crippen LogP contribution in [0, 0.1) is 0 Å². The fourth-order valence-corrected chi connectivity index (χ4v) is 3.40. The summed E-state index contributed by atoms with van der Waals surface area (Å²) in [6.07, 6.45) is 0. The summed E-state index contributed by atoms with van der Waals surface area (Å²) in [6.45, 7) is 10.1. The molecular weight excluding hydrogens is 296 g/mol. The SMILES string of the molecule is CC(C)(C)c1nsc(N2CCN(c3cccc(O)c3)CC2)n1. The lowest BCUT2D eigenvalue weighted by molar-refractivity contribution is 0.475. The van der Waals surface area contributed by atoms with Crippen molar-refractivity contribution in [2.45, 2.75) is 26.2 Å². The van der Waals surface area contributed by atoms with Gasteiger partial charge in [-0.15, -0.1) is 0 Å². The van der Waals surface area contributed by atoms with Crippen LogP contribution >= 0.6 is 11.5 Å². The minimum Gasteiger partial charge on any atom is -0.508 e. The molecular formula is C16H22N4OS. The van der Waals surface area contributed by atoms with Crippen LogP contribution < -0.4 is 9.80 Å². The van der Waals surface area contributed by atoms with Crippen LogP contribution in [-0.2, 0) is 5.41 Å². The van der Waals surface area contributed by atoms with Crippen LogP contribution in [0.1, 0.15) is 26.6 Å². The van der Waals surface area contributed by atoms with Crippen molar-refractivity contribution in [3.8, 4) is 5.75 Å². The van der Waals surface area contributed by atoms with E-state index in [-0.39, 0.29) is 5.41 Å². The summed E-state index contributed by atoms with van der Waals surface area (Å²) in [6, 6.07) is 7.45. The summed E-state index contributed by atoms with van der Waals surface area (Å²) in [4.78, 5) is 9.28. The number of hydrogen-bond acceptors (Lipinski definition) is 6. The number of nitrogens with zero attached hydrogens (tertiary/aromatic N) is 4. The molecule has 1 saturated heterocycles. The zero-order valence-electron chi connectivity index (χ0n) is 13.3. The van der Waals surface area contributed by atoms with Gasteiger partial charge in [-0.05, 0) is 12.1 Å². The molecule has 0 amide bonds. The number of piperazine rings is 1. The van der Waals surface area contributed by atoms with E-state index in [1.807, 2.05) is 18.2 Å². The number of phenols is 1. The van der Waals surface area contributed by atoms with Crippen molar-refractivity contribution in [3.05, 3.63) is 30.1 Å². The molecule has 1 aliphatic heterocycles. The Labute approximate surface area is 135 Å². The topological polar surface area (TPSA) is 52.5 Å². The van der Waals surface area contributed by atoms with Crippen molar-refractivity contribution in [1.29, 1.82) is 0 Å². The molecule has 0 atom stereocenters. The molecule has 0 saturated carbocycles. The molecule has 0 aliphatic carbocycles. The number of aromatic hydroxyl groups is 1. The second kappa shape index (κ2) is 5.76.